The first-order valence-electron chi connectivity index (χ1n) is 6.96. The second kappa shape index (κ2) is 8.20. The van der Waals surface area contributed by atoms with Crippen molar-refractivity contribution in [2.24, 2.45) is 0 Å². The largest absolute Gasteiger partial charge is 3.00 e. The van der Waals surface area contributed by atoms with E-state index in [9.17, 15) is 0 Å². The predicted molar refractivity (Wildman–Crippen MR) is 87.2 cm³/mol. The topological polar surface area (TPSA) is 0 Å². The Morgan fingerprint density at radius 1 is 0.739 bits per heavy atom. The van der Waals surface area contributed by atoms with Gasteiger partial charge in [0.2, 0.25) is 0 Å². The standard InChI is InChI=1S/C20H15.2ClH.Zr/c1-14-11-17-7-4-8-19(20(17)12-14)18-10-9-15-5-2-3-6-16(15)13-18;;;/h2-13H,1H3;2*1H;/q-1;;;+3/p-2. The van der Waals surface area contributed by atoms with Crippen LogP contribution in [0.5, 0.6) is 0 Å². The van der Waals surface area contributed by atoms with Gasteiger partial charge in [0.15, 0.2) is 0 Å². The van der Waals surface area contributed by atoms with E-state index in [0.29, 0.717) is 0 Å². The molecule has 0 fully saturated rings. The summed E-state index contributed by atoms with van der Waals surface area (Å²) in [5, 5.41) is 5.26. The normalized spacial score (nSPS) is 9.78. The molecule has 0 bridgehead atoms. The third-order valence-corrected chi connectivity index (χ3v) is 3.96. The zero-order valence-corrected chi connectivity index (χ0v) is 16.7. The van der Waals surface area contributed by atoms with Crippen LogP contribution in [0, 0.1) is 6.92 Å². The molecule has 1 radical (unpaired) electrons. The van der Waals surface area contributed by atoms with Crippen LogP contribution in [0.4, 0.5) is 0 Å². The van der Waals surface area contributed by atoms with Gasteiger partial charge in [-0.05, 0) is 22.4 Å². The summed E-state index contributed by atoms with van der Waals surface area (Å²) in [5.74, 6) is 0. The Kier molecular flexibility index (Phi) is 7.14. The van der Waals surface area contributed by atoms with Crippen LogP contribution >= 0.6 is 0 Å². The van der Waals surface area contributed by atoms with Gasteiger partial charge >= 0.3 is 26.2 Å². The van der Waals surface area contributed by atoms with Crippen molar-refractivity contribution in [2.75, 3.05) is 0 Å². The van der Waals surface area contributed by atoms with E-state index in [-0.39, 0.29) is 51.0 Å². The van der Waals surface area contributed by atoms with E-state index in [2.05, 4.69) is 79.7 Å². The molecule has 0 amide bonds. The SMILES string of the molecule is Cc1cc2c(-c3ccc4ccccc4c3)cccc2[cH-]1.[Cl-].[Cl-].[Zr+3]. The number of fused-ring (bicyclic) bond motifs is 2. The van der Waals surface area contributed by atoms with Crippen LogP contribution in [0.2, 0.25) is 0 Å². The maximum absolute atomic E-state index is 2.28. The van der Waals surface area contributed by atoms with Gasteiger partial charge in [-0.2, -0.15) is 6.07 Å². The van der Waals surface area contributed by atoms with Gasteiger partial charge < -0.3 is 24.8 Å². The van der Waals surface area contributed by atoms with Gasteiger partial charge in [0.1, 0.15) is 0 Å². The predicted octanol–water partition coefficient (Wildman–Crippen LogP) is -0.307. The van der Waals surface area contributed by atoms with Crippen molar-refractivity contribution < 1.29 is 51.0 Å². The minimum absolute atomic E-state index is 0. The van der Waals surface area contributed by atoms with Crippen molar-refractivity contribution in [3.63, 3.8) is 0 Å². The Hall–Kier alpha value is -1.01. The summed E-state index contributed by atoms with van der Waals surface area (Å²) >= 11 is 0. The van der Waals surface area contributed by atoms with E-state index in [0.717, 1.165) is 0 Å². The number of hydrogen-bond acceptors (Lipinski definition) is 0. The molecule has 3 heteroatoms. The maximum atomic E-state index is 2.28. The van der Waals surface area contributed by atoms with Crippen molar-refractivity contribution in [3.05, 3.63) is 78.4 Å². The molecule has 0 saturated heterocycles. The molecule has 0 saturated carbocycles. The third kappa shape index (κ3) is 3.74. The molecular formula is C20H15Cl2Zr. The summed E-state index contributed by atoms with van der Waals surface area (Å²) in [5.41, 5.74) is 3.94. The van der Waals surface area contributed by atoms with Gasteiger partial charge in [-0.15, -0.1) is 34.5 Å². The van der Waals surface area contributed by atoms with E-state index in [1.54, 1.807) is 0 Å². The molecule has 0 aromatic heterocycles. The molecular weight excluding hydrogens is 402 g/mol. The van der Waals surface area contributed by atoms with Crippen molar-refractivity contribution in [2.45, 2.75) is 6.92 Å². The molecule has 0 aliphatic carbocycles. The molecule has 0 unspecified atom stereocenters. The molecule has 0 nitrogen and oxygen atoms in total. The molecule has 4 aromatic carbocycles. The van der Waals surface area contributed by atoms with Crippen LogP contribution in [0.1, 0.15) is 5.56 Å². The Balaban J connectivity index is 0.000000882. The quantitative estimate of drug-likeness (QED) is 0.373. The van der Waals surface area contributed by atoms with Gasteiger partial charge in [0, 0.05) is 0 Å². The minimum Gasteiger partial charge on any atom is -1.00 e. The second-order valence-electron chi connectivity index (χ2n) is 5.40. The van der Waals surface area contributed by atoms with E-state index in [1.165, 1.54) is 38.2 Å². The monoisotopic (exact) mass is 415 g/mol. The number of halogens is 2. The first kappa shape index (κ1) is 20.0. The zero-order valence-electron chi connectivity index (χ0n) is 12.7. The minimum atomic E-state index is 0. The Morgan fingerprint density at radius 2 is 1.48 bits per heavy atom. The molecule has 4 rings (SSSR count). The van der Waals surface area contributed by atoms with E-state index >= 15 is 0 Å². The van der Waals surface area contributed by atoms with E-state index in [1.807, 2.05) is 0 Å². The van der Waals surface area contributed by atoms with Gasteiger partial charge in [-0.3, -0.25) is 0 Å². The molecule has 0 spiro atoms. The number of aryl methyl sites for hydroxylation is 1. The van der Waals surface area contributed by atoms with Crippen molar-refractivity contribution in [3.8, 4) is 11.1 Å². The first-order chi connectivity index (χ1) is 9.81. The van der Waals surface area contributed by atoms with Crippen LogP contribution in [-0.2, 0) is 26.2 Å². The molecule has 113 valence electrons. The molecule has 0 atom stereocenters. The summed E-state index contributed by atoms with van der Waals surface area (Å²) < 4.78 is 0. The average Bonchev–Trinajstić information content (AvgIpc) is 2.86. The molecule has 0 N–H and O–H groups in total. The van der Waals surface area contributed by atoms with Crippen molar-refractivity contribution in [1.29, 1.82) is 0 Å². The maximum Gasteiger partial charge on any atom is 3.00 e. The van der Waals surface area contributed by atoms with Gasteiger partial charge in [-0.1, -0.05) is 55.0 Å². The van der Waals surface area contributed by atoms with Crippen LogP contribution in [0.25, 0.3) is 32.7 Å². The Labute approximate surface area is 168 Å². The fourth-order valence-corrected chi connectivity index (χ4v) is 2.99. The number of hydrogen-bond donors (Lipinski definition) is 0. The van der Waals surface area contributed by atoms with Gasteiger partial charge in [0.05, 0.1) is 0 Å². The van der Waals surface area contributed by atoms with Crippen LogP contribution in [0.3, 0.4) is 0 Å². The smallest absolute Gasteiger partial charge is 1.00 e. The summed E-state index contributed by atoms with van der Waals surface area (Å²) in [7, 11) is 0. The van der Waals surface area contributed by atoms with Crippen molar-refractivity contribution in [1.82, 2.24) is 0 Å². The van der Waals surface area contributed by atoms with E-state index in [4.69, 9.17) is 0 Å². The fraction of sp³-hybridized carbons (Fsp3) is 0.0500. The third-order valence-electron chi connectivity index (χ3n) is 3.96. The van der Waals surface area contributed by atoms with Crippen LogP contribution in [-0.4, -0.2) is 0 Å². The Bertz CT molecular complexity index is 925. The number of benzene rings is 3. The molecule has 0 aliphatic heterocycles. The summed E-state index contributed by atoms with van der Waals surface area (Å²) in [4.78, 5) is 0. The van der Waals surface area contributed by atoms with Gasteiger partial charge in [0.25, 0.3) is 0 Å². The van der Waals surface area contributed by atoms with Crippen molar-refractivity contribution >= 4 is 21.5 Å². The fourth-order valence-electron chi connectivity index (χ4n) is 2.99. The average molecular weight is 417 g/mol. The van der Waals surface area contributed by atoms with Gasteiger partial charge in [-0.25, -0.2) is 0 Å². The van der Waals surface area contributed by atoms with Crippen LogP contribution in [0.15, 0.2) is 72.8 Å². The molecule has 0 heterocycles. The molecule has 23 heavy (non-hydrogen) atoms. The Morgan fingerprint density at radius 3 is 2.26 bits per heavy atom. The van der Waals surface area contributed by atoms with E-state index < -0.39 is 0 Å². The first-order valence-corrected chi connectivity index (χ1v) is 6.96. The number of rotatable bonds is 1. The second-order valence-corrected chi connectivity index (χ2v) is 5.40. The van der Waals surface area contributed by atoms with Crippen LogP contribution < -0.4 is 24.8 Å². The molecule has 0 aliphatic rings. The molecule has 4 aromatic rings. The summed E-state index contributed by atoms with van der Waals surface area (Å²) in [6.07, 6.45) is 0. The summed E-state index contributed by atoms with van der Waals surface area (Å²) in [6.45, 7) is 2.16. The zero-order chi connectivity index (χ0) is 13.5. The summed E-state index contributed by atoms with van der Waals surface area (Å²) in [6, 6.07) is 26.3.